The van der Waals surface area contributed by atoms with Gasteiger partial charge in [-0.25, -0.2) is 0 Å². The fraction of sp³-hybridized carbons (Fsp3) is 0.667. The minimum absolute atomic E-state index is 0.0988. The summed E-state index contributed by atoms with van der Waals surface area (Å²) >= 11 is 0. The van der Waals surface area contributed by atoms with Crippen LogP contribution in [0.15, 0.2) is 24.3 Å². The van der Waals surface area contributed by atoms with Crippen LogP contribution in [0.2, 0.25) is 0 Å². The highest BCUT2D eigenvalue weighted by molar-refractivity contribution is 7.86. The minimum atomic E-state index is -3.42. The van der Waals surface area contributed by atoms with E-state index in [1.807, 2.05) is 6.92 Å². The molecule has 0 spiro atoms. The molecule has 1 N–H and O–H groups in total. The second kappa shape index (κ2) is 7.52. The van der Waals surface area contributed by atoms with Crippen molar-refractivity contribution in [1.29, 1.82) is 0 Å². The third kappa shape index (κ3) is 3.52. The van der Waals surface area contributed by atoms with Crippen molar-refractivity contribution in [2.24, 2.45) is 0 Å². The van der Waals surface area contributed by atoms with Crippen LogP contribution in [-0.4, -0.2) is 49.2 Å². The Morgan fingerprint density at radius 2 is 1.88 bits per heavy atom. The van der Waals surface area contributed by atoms with Crippen molar-refractivity contribution in [3.63, 3.8) is 0 Å². The fourth-order valence-corrected chi connectivity index (χ4v) is 5.80. The molecule has 2 atom stereocenters. The van der Waals surface area contributed by atoms with Crippen molar-refractivity contribution in [3.05, 3.63) is 35.4 Å². The fourth-order valence-electron chi connectivity index (χ4n) is 3.77. The van der Waals surface area contributed by atoms with Crippen LogP contribution in [0.1, 0.15) is 50.3 Å². The molecule has 1 aromatic rings. The molecule has 0 radical (unpaired) electrons. The summed E-state index contributed by atoms with van der Waals surface area (Å²) in [4.78, 5) is 0. The van der Waals surface area contributed by atoms with Crippen LogP contribution in [0.3, 0.4) is 0 Å². The lowest BCUT2D eigenvalue weighted by molar-refractivity contribution is 0.210. The highest BCUT2D eigenvalue weighted by atomic mass is 32.2. The van der Waals surface area contributed by atoms with E-state index in [1.54, 1.807) is 8.61 Å². The summed E-state index contributed by atoms with van der Waals surface area (Å²) in [6.07, 6.45) is 4.04. The Labute approximate surface area is 146 Å². The zero-order valence-corrected chi connectivity index (χ0v) is 15.6. The van der Waals surface area contributed by atoms with Gasteiger partial charge in [-0.05, 0) is 37.3 Å². The Morgan fingerprint density at radius 1 is 1.12 bits per heavy atom. The Hall–Kier alpha value is -0.950. The van der Waals surface area contributed by atoms with Crippen molar-refractivity contribution in [3.8, 4) is 0 Å². The number of hydrogen-bond donors (Lipinski definition) is 1. The van der Waals surface area contributed by atoms with Gasteiger partial charge in [-0.1, -0.05) is 37.6 Å². The van der Waals surface area contributed by atoms with Gasteiger partial charge in [-0.3, -0.25) is 0 Å². The average Bonchev–Trinajstić information content (AvgIpc) is 2.62. The van der Waals surface area contributed by atoms with Gasteiger partial charge in [0.25, 0.3) is 10.2 Å². The Balaban J connectivity index is 1.88. The van der Waals surface area contributed by atoms with Gasteiger partial charge in [0, 0.05) is 32.2 Å². The maximum absolute atomic E-state index is 13.3. The number of nitrogens with zero attached hydrogens (tertiary/aromatic N) is 2. The molecule has 0 bridgehead atoms. The lowest BCUT2D eigenvalue weighted by Crippen LogP contribution is -2.55. The predicted octanol–water partition coefficient (Wildman–Crippen LogP) is 2.31. The molecule has 2 aliphatic heterocycles. The summed E-state index contributed by atoms with van der Waals surface area (Å²) in [6.45, 7) is 6.73. The van der Waals surface area contributed by atoms with E-state index in [-0.39, 0.29) is 12.1 Å². The molecule has 2 saturated heterocycles. The molecule has 0 aromatic heterocycles. The standard InChI is InChI=1S/C18H29N3O2S/c1-3-16-7-9-17(10-8-16)18-14-19-11-13-21(18)24(22,23)20-12-5-4-6-15(20)2/h7-10,15,18-19H,3-6,11-14H2,1-2H3. The largest absolute Gasteiger partial charge is 0.313 e. The second-order valence-electron chi connectivity index (χ2n) is 6.89. The Kier molecular flexibility index (Phi) is 5.59. The number of aryl methyl sites for hydroxylation is 1. The smallest absolute Gasteiger partial charge is 0.282 e. The van der Waals surface area contributed by atoms with Crippen LogP contribution in [-0.2, 0) is 16.6 Å². The Morgan fingerprint density at radius 3 is 2.54 bits per heavy atom. The number of piperidine rings is 1. The lowest BCUT2D eigenvalue weighted by Gasteiger charge is -2.41. The molecule has 0 amide bonds. The van der Waals surface area contributed by atoms with Crippen LogP contribution >= 0.6 is 0 Å². The third-order valence-corrected chi connectivity index (χ3v) is 7.47. The first kappa shape index (κ1) is 17.9. The average molecular weight is 352 g/mol. The van der Waals surface area contributed by atoms with Crippen LogP contribution < -0.4 is 5.32 Å². The SMILES string of the molecule is CCc1ccc(C2CNCCN2S(=O)(=O)N2CCCCC2C)cc1. The van der Waals surface area contributed by atoms with Gasteiger partial charge in [0.2, 0.25) is 0 Å². The molecule has 2 fully saturated rings. The van der Waals surface area contributed by atoms with Gasteiger partial charge in [-0.2, -0.15) is 17.0 Å². The van der Waals surface area contributed by atoms with E-state index >= 15 is 0 Å². The van der Waals surface area contributed by atoms with Crippen LogP contribution in [0.5, 0.6) is 0 Å². The summed E-state index contributed by atoms with van der Waals surface area (Å²) in [5, 5.41) is 3.35. The quantitative estimate of drug-likeness (QED) is 0.906. The van der Waals surface area contributed by atoms with Crippen molar-refractivity contribution >= 4 is 10.2 Å². The van der Waals surface area contributed by atoms with E-state index in [0.717, 1.165) is 31.2 Å². The van der Waals surface area contributed by atoms with Gasteiger partial charge < -0.3 is 5.32 Å². The summed E-state index contributed by atoms with van der Waals surface area (Å²) in [7, 11) is -3.42. The van der Waals surface area contributed by atoms with E-state index in [1.165, 1.54) is 5.56 Å². The maximum atomic E-state index is 13.3. The predicted molar refractivity (Wildman–Crippen MR) is 97.1 cm³/mol. The molecular weight excluding hydrogens is 322 g/mol. The number of hydrogen-bond acceptors (Lipinski definition) is 3. The van der Waals surface area contributed by atoms with E-state index in [2.05, 4.69) is 36.5 Å². The molecule has 3 rings (SSSR count). The zero-order chi connectivity index (χ0) is 17.2. The molecule has 5 nitrogen and oxygen atoms in total. The molecule has 24 heavy (non-hydrogen) atoms. The zero-order valence-electron chi connectivity index (χ0n) is 14.7. The van der Waals surface area contributed by atoms with E-state index in [4.69, 9.17) is 0 Å². The first-order valence-corrected chi connectivity index (χ1v) is 10.5. The molecule has 2 heterocycles. The van der Waals surface area contributed by atoms with Gasteiger partial charge in [0.15, 0.2) is 0 Å². The number of piperazine rings is 1. The highest BCUT2D eigenvalue weighted by Gasteiger charge is 2.39. The Bertz CT molecular complexity index is 645. The van der Waals surface area contributed by atoms with E-state index in [9.17, 15) is 8.42 Å². The first-order chi connectivity index (χ1) is 11.5. The van der Waals surface area contributed by atoms with Crippen molar-refractivity contribution in [1.82, 2.24) is 13.9 Å². The van der Waals surface area contributed by atoms with E-state index in [0.29, 0.717) is 26.2 Å². The highest BCUT2D eigenvalue weighted by Crippen LogP contribution is 2.30. The van der Waals surface area contributed by atoms with Crippen LogP contribution in [0.4, 0.5) is 0 Å². The number of nitrogens with one attached hydrogen (secondary N) is 1. The normalized spacial score (nSPS) is 27.2. The molecule has 0 aliphatic carbocycles. The van der Waals surface area contributed by atoms with Crippen LogP contribution in [0.25, 0.3) is 0 Å². The van der Waals surface area contributed by atoms with E-state index < -0.39 is 10.2 Å². The molecule has 6 heteroatoms. The monoisotopic (exact) mass is 351 g/mol. The third-order valence-electron chi connectivity index (χ3n) is 5.30. The summed E-state index contributed by atoms with van der Waals surface area (Å²) in [6, 6.07) is 8.36. The molecular formula is C18H29N3O2S. The van der Waals surface area contributed by atoms with Gasteiger partial charge in [-0.15, -0.1) is 0 Å². The first-order valence-electron chi connectivity index (χ1n) is 9.12. The molecule has 134 valence electrons. The summed E-state index contributed by atoms with van der Waals surface area (Å²) < 4.78 is 30.0. The summed E-state index contributed by atoms with van der Waals surface area (Å²) in [5.74, 6) is 0. The number of benzene rings is 1. The summed E-state index contributed by atoms with van der Waals surface area (Å²) in [5.41, 5.74) is 2.36. The number of rotatable bonds is 4. The molecule has 0 saturated carbocycles. The van der Waals surface area contributed by atoms with Crippen LogP contribution in [0, 0.1) is 0 Å². The maximum Gasteiger partial charge on any atom is 0.282 e. The van der Waals surface area contributed by atoms with Crippen molar-refractivity contribution < 1.29 is 8.42 Å². The minimum Gasteiger partial charge on any atom is -0.313 e. The van der Waals surface area contributed by atoms with Crippen molar-refractivity contribution in [2.75, 3.05) is 26.2 Å². The topological polar surface area (TPSA) is 52.7 Å². The van der Waals surface area contributed by atoms with Gasteiger partial charge >= 0.3 is 0 Å². The van der Waals surface area contributed by atoms with Gasteiger partial charge in [0.05, 0.1) is 6.04 Å². The molecule has 1 aromatic carbocycles. The van der Waals surface area contributed by atoms with Crippen molar-refractivity contribution in [2.45, 2.75) is 51.6 Å². The molecule has 2 aliphatic rings. The molecule has 2 unspecified atom stereocenters. The second-order valence-corrected chi connectivity index (χ2v) is 8.72. The van der Waals surface area contributed by atoms with Gasteiger partial charge in [0.1, 0.15) is 0 Å². The lowest BCUT2D eigenvalue weighted by atomic mass is 10.0.